The van der Waals surface area contributed by atoms with Crippen molar-refractivity contribution in [3.63, 3.8) is 0 Å². The second kappa shape index (κ2) is 4.69. The fourth-order valence-electron chi connectivity index (χ4n) is 1.49. The van der Waals surface area contributed by atoms with Gasteiger partial charge in [0, 0.05) is 11.6 Å². The number of benzene rings is 1. The van der Waals surface area contributed by atoms with Gasteiger partial charge in [-0.2, -0.15) is 0 Å². The topological polar surface area (TPSA) is 68.7 Å². The van der Waals surface area contributed by atoms with Crippen LogP contribution in [0.15, 0.2) is 30.5 Å². The van der Waals surface area contributed by atoms with Gasteiger partial charge in [-0.3, -0.25) is 4.98 Å². The first kappa shape index (κ1) is 11.2. The molecule has 1 aromatic heterocycles. The van der Waals surface area contributed by atoms with Crippen molar-refractivity contribution >= 4 is 16.9 Å². The van der Waals surface area contributed by atoms with Crippen molar-refractivity contribution in [1.82, 2.24) is 4.98 Å². The normalized spacial score (nSPS) is 10.2. The molecule has 5 nitrogen and oxygen atoms in total. The van der Waals surface area contributed by atoms with Crippen LogP contribution in [0.3, 0.4) is 0 Å². The second-order valence-electron chi connectivity index (χ2n) is 3.37. The number of carboxylic acids is 1. The molecule has 2 aromatic rings. The van der Waals surface area contributed by atoms with E-state index in [1.807, 2.05) is 0 Å². The average Bonchev–Trinajstić information content (AvgIpc) is 2.35. The lowest BCUT2D eigenvalue weighted by atomic mass is 10.2. The molecule has 1 N–H and O–H groups in total. The van der Waals surface area contributed by atoms with E-state index in [2.05, 4.69) is 4.98 Å². The Labute approximate surface area is 97.6 Å². The lowest BCUT2D eigenvalue weighted by Gasteiger charge is -2.08. The maximum absolute atomic E-state index is 10.5. The van der Waals surface area contributed by atoms with Crippen molar-refractivity contribution in [1.29, 1.82) is 0 Å². The molecule has 0 fully saturated rings. The van der Waals surface area contributed by atoms with Crippen LogP contribution >= 0.6 is 0 Å². The van der Waals surface area contributed by atoms with Crippen molar-refractivity contribution in [2.75, 3.05) is 13.7 Å². The summed E-state index contributed by atoms with van der Waals surface area (Å²) in [6.45, 7) is -0.379. The zero-order valence-corrected chi connectivity index (χ0v) is 9.21. The molecule has 0 atom stereocenters. The first-order chi connectivity index (χ1) is 8.20. The van der Waals surface area contributed by atoms with Gasteiger partial charge in [-0.05, 0) is 24.3 Å². The zero-order valence-electron chi connectivity index (χ0n) is 9.21. The predicted molar refractivity (Wildman–Crippen MR) is 61.4 cm³/mol. The summed E-state index contributed by atoms with van der Waals surface area (Å²) in [5, 5.41) is 9.31. The molecule has 0 amide bonds. The summed E-state index contributed by atoms with van der Waals surface area (Å²) in [7, 11) is 1.56. The number of aliphatic carboxylic acids is 1. The minimum Gasteiger partial charge on any atom is -0.497 e. The van der Waals surface area contributed by atoms with Crippen LogP contribution in [0.25, 0.3) is 10.9 Å². The van der Waals surface area contributed by atoms with E-state index in [0.29, 0.717) is 11.5 Å². The van der Waals surface area contributed by atoms with Crippen LogP contribution in [-0.2, 0) is 4.79 Å². The molecule has 0 unspecified atom stereocenters. The van der Waals surface area contributed by atoms with E-state index in [-0.39, 0.29) is 6.61 Å². The number of nitrogens with zero attached hydrogens (tertiary/aromatic N) is 1. The molecular weight excluding hydrogens is 222 g/mol. The van der Waals surface area contributed by atoms with Crippen molar-refractivity contribution in [3.8, 4) is 11.5 Å². The van der Waals surface area contributed by atoms with Crippen LogP contribution in [-0.4, -0.2) is 29.8 Å². The van der Waals surface area contributed by atoms with Crippen LogP contribution in [0.2, 0.25) is 0 Å². The van der Waals surface area contributed by atoms with Crippen molar-refractivity contribution in [2.24, 2.45) is 0 Å². The van der Waals surface area contributed by atoms with Crippen LogP contribution in [0.5, 0.6) is 11.5 Å². The summed E-state index contributed by atoms with van der Waals surface area (Å²) in [6.07, 6.45) is 1.58. The molecule has 1 aromatic carbocycles. The van der Waals surface area contributed by atoms with Gasteiger partial charge in [-0.1, -0.05) is 0 Å². The summed E-state index contributed by atoms with van der Waals surface area (Å²) in [4.78, 5) is 14.6. The number of carbonyl (C=O) groups is 1. The Morgan fingerprint density at radius 1 is 1.41 bits per heavy atom. The standard InChI is InChI=1S/C12H11NO4/c1-16-8-2-3-10-9(6-8)11(4-5-13-10)17-7-12(14)15/h2-6H,7H2,1H3,(H,14,15). The highest BCUT2D eigenvalue weighted by atomic mass is 16.5. The Balaban J connectivity index is 2.43. The summed E-state index contributed by atoms with van der Waals surface area (Å²) < 4.78 is 10.3. The molecule has 0 aliphatic carbocycles. The molecule has 0 aliphatic heterocycles. The summed E-state index contributed by atoms with van der Waals surface area (Å²) in [5.41, 5.74) is 0.730. The number of ether oxygens (including phenoxy) is 2. The van der Waals surface area contributed by atoms with Gasteiger partial charge in [0.15, 0.2) is 6.61 Å². The van der Waals surface area contributed by atoms with E-state index in [1.165, 1.54) is 0 Å². The molecule has 0 saturated heterocycles. The molecule has 0 spiro atoms. The molecule has 2 rings (SSSR count). The number of fused-ring (bicyclic) bond motifs is 1. The van der Waals surface area contributed by atoms with Crippen LogP contribution in [0.4, 0.5) is 0 Å². The molecular formula is C12H11NO4. The third-order valence-corrected chi connectivity index (χ3v) is 2.26. The Kier molecular flexibility index (Phi) is 3.09. The second-order valence-corrected chi connectivity index (χ2v) is 3.37. The van der Waals surface area contributed by atoms with E-state index in [1.54, 1.807) is 37.6 Å². The van der Waals surface area contributed by atoms with Gasteiger partial charge in [0.05, 0.1) is 12.6 Å². The SMILES string of the molecule is COc1ccc2nccc(OCC(=O)O)c2c1. The number of methoxy groups -OCH3 is 1. The third-order valence-electron chi connectivity index (χ3n) is 2.26. The zero-order chi connectivity index (χ0) is 12.3. The van der Waals surface area contributed by atoms with Gasteiger partial charge >= 0.3 is 5.97 Å². The smallest absolute Gasteiger partial charge is 0.341 e. The van der Waals surface area contributed by atoms with Gasteiger partial charge < -0.3 is 14.6 Å². The number of hydrogen-bond acceptors (Lipinski definition) is 4. The van der Waals surface area contributed by atoms with Gasteiger partial charge in [0.25, 0.3) is 0 Å². The summed E-state index contributed by atoms with van der Waals surface area (Å²) in [5.74, 6) is 0.139. The maximum Gasteiger partial charge on any atom is 0.341 e. The number of rotatable bonds is 4. The van der Waals surface area contributed by atoms with Crippen molar-refractivity contribution in [3.05, 3.63) is 30.5 Å². The van der Waals surface area contributed by atoms with Gasteiger partial charge in [-0.25, -0.2) is 4.79 Å². The molecule has 88 valence electrons. The van der Waals surface area contributed by atoms with E-state index in [0.717, 1.165) is 10.9 Å². The first-order valence-electron chi connectivity index (χ1n) is 4.98. The Bertz CT molecular complexity index is 553. The average molecular weight is 233 g/mol. The van der Waals surface area contributed by atoms with Gasteiger partial charge in [-0.15, -0.1) is 0 Å². The molecule has 5 heteroatoms. The molecule has 0 saturated carbocycles. The highest BCUT2D eigenvalue weighted by Gasteiger charge is 2.06. The van der Waals surface area contributed by atoms with Crippen molar-refractivity contribution < 1.29 is 19.4 Å². The summed E-state index contributed by atoms with van der Waals surface area (Å²) in [6, 6.07) is 6.97. The predicted octanol–water partition coefficient (Wildman–Crippen LogP) is 1.71. The Morgan fingerprint density at radius 3 is 2.94 bits per heavy atom. The Hall–Kier alpha value is -2.30. The molecule has 0 bridgehead atoms. The lowest BCUT2D eigenvalue weighted by Crippen LogP contribution is -2.09. The molecule has 0 radical (unpaired) electrons. The maximum atomic E-state index is 10.5. The first-order valence-corrected chi connectivity index (χ1v) is 4.98. The molecule has 17 heavy (non-hydrogen) atoms. The van der Waals surface area contributed by atoms with Gasteiger partial charge in [0.1, 0.15) is 11.5 Å². The Morgan fingerprint density at radius 2 is 2.24 bits per heavy atom. The van der Waals surface area contributed by atoms with E-state index in [4.69, 9.17) is 14.6 Å². The quantitative estimate of drug-likeness (QED) is 0.870. The van der Waals surface area contributed by atoms with E-state index in [9.17, 15) is 4.79 Å². The monoisotopic (exact) mass is 233 g/mol. The number of pyridine rings is 1. The fourth-order valence-corrected chi connectivity index (χ4v) is 1.49. The molecule has 0 aliphatic rings. The van der Waals surface area contributed by atoms with Crippen LogP contribution in [0.1, 0.15) is 0 Å². The van der Waals surface area contributed by atoms with E-state index >= 15 is 0 Å². The highest BCUT2D eigenvalue weighted by Crippen LogP contribution is 2.27. The molecule has 1 heterocycles. The largest absolute Gasteiger partial charge is 0.497 e. The van der Waals surface area contributed by atoms with Crippen molar-refractivity contribution in [2.45, 2.75) is 0 Å². The fraction of sp³-hybridized carbons (Fsp3) is 0.167. The van der Waals surface area contributed by atoms with Crippen LogP contribution in [0, 0.1) is 0 Å². The lowest BCUT2D eigenvalue weighted by molar-refractivity contribution is -0.139. The number of hydrogen-bond donors (Lipinski definition) is 1. The van der Waals surface area contributed by atoms with Gasteiger partial charge in [0.2, 0.25) is 0 Å². The highest BCUT2D eigenvalue weighted by molar-refractivity contribution is 5.86. The minimum atomic E-state index is -1.02. The van der Waals surface area contributed by atoms with Crippen LogP contribution < -0.4 is 9.47 Å². The summed E-state index contributed by atoms with van der Waals surface area (Å²) >= 11 is 0. The third kappa shape index (κ3) is 2.44. The minimum absolute atomic E-state index is 0.379. The van der Waals surface area contributed by atoms with E-state index < -0.39 is 5.97 Å². The number of carboxylic acid groups (broad SMARTS) is 1. The number of aromatic nitrogens is 1.